The topological polar surface area (TPSA) is 48.1 Å². The molecule has 3 heteroatoms. The van der Waals surface area contributed by atoms with Gasteiger partial charge in [-0.15, -0.1) is 0 Å². The Labute approximate surface area is 103 Å². The summed E-state index contributed by atoms with van der Waals surface area (Å²) in [5.41, 5.74) is 7.15. The van der Waals surface area contributed by atoms with Gasteiger partial charge in [0.2, 0.25) is 0 Å². The standard InChI is InChI=1S/C14H22N2O/c1-14(2,3)13-8-7-10(9-16-13)17-12-6-4-5-11(12)15/h7-9,11-12H,4-6,15H2,1-3H3/t11-,12-/m1/s1. The van der Waals surface area contributed by atoms with Gasteiger partial charge in [0.25, 0.3) is 0 Å². The van der Waals surface area contributed by atoms with E-state index in [-0.39, 0.29) is 17.6 Å². The van der Waals surface area contributed by atoms with Gasteiger partial charge < -0.3 is 10.5 Å². The van der Waals surface area contributed by atoms with E-state index in [1.807, 2.05) is 18.3 Å². The predicted molar refractivity (Wildman–Crippen MR) is 69.2 cm³/mol. The molecule has 0 amide bonds. The van der Waals surface area contributed by atoms with Crippen LogP contribution in [0.5, 0.6) is 5.75 Å². The Balaban J connectivity index is 2.03. The van der Waals surface area contributed by atoms with Gasteiger partial charge in [0.05, 0.1) is 6.20 Å². The molecule has 2 N–H and O–H groups in total. The van der Waals surface area contributed by atoms with Crippen molar-refractivity contribution in [3.63, 3.8) is 0 Å². The lowest BCUT2D eigenvalue weighted by Gasteiger charge is -2.20. The maximum atomic E-state index is 5.98. The van der Waals surface area contributed by atoms with Gasteiger partial charge in [0.15, 0.2) is 0 Å². The van der Waals surface area contributed by atoms with Gasteiger partial charge in [0, 0.05) is 17.2 Å². The first-order valence-corrected chi connectivity index (χ1v) is 6.35. The second kappa shape index (κ2) is 4.65. The molecular weight excluding hydrogens is 212 g/mol. The maximum Gasteiger partial charge on any atom is 0.138 e. The number of rotatable bonds is 2. The SMILES string of the molecule is CC(C)(C)c1ccc(O[C@@H]2CCC[C@H]2N)cn1. The molecule has 1 aliphatic carbocycles. The molecule has 1 aliphatic rings. The van der Waals surface area contributed by atoms with E-state index >= 15 is 0 Å². The van der Waals surface area contributed by atoms with Crippen LogP contribution in [-0.4, -0.2) is 17.1 Å². The summed E-state index contributed by atoms with van der Waals surface area (Å²) in [6.07, 6.45) is 5.27. The van der Waals surface area contributed by atoms with Crippen molar-refractivity contribution in [1.82, 2.24) is 4.98 Å². The Morgan fingerprint density at radius 1 is 1.29 bits per heavy atom. The van der Waals surface area contributed by atoms with Crippen LogP contribution < -0.4 is 10.5 Å². The molecule has 3 nitrogen and oxygen atoms in total. The van der Waals surface area contributed by atoms with Crippen LogP contribution in [0.25, 0.3) is 0 Å². The zero-order valence-electron chi connectivity index (χ0n) is 10.9. The van der Waals surface area contributed by atoms with Crippen molar-refractivity contribution in [2.24, 2.45) is 5.73 Å². The fraction of sp³-hybridized carbons (Fsp3) is 0.643. The minimum Gasteiger partial charge on any atom is -0.487 e. The van der Waals surface area contributed by atoms with Gasteiger partial charge in [-0.3, -0.25) is 4.98 Å². The van der Waals surface area contributed by atoms with E-state index in [0.717, 1.165) is 24.3 Å². The van der Waals surface area contributed by atoms with Crippen LogP contribution in [0, 0.1) is 0 Å². The summed E-state index contributed by atoms with van der Waals surface area (Å²) >= 11 is 0. The van der Waals surface area contributed by atoms with E-state index in [1.165, 1.54) is 6.42 Å². The minimum absolute atomic E-state index is 0.0856. The van der Waals surface area contributed by atoms with E-state index in [0.29, 0.717) is 0 Å². The Morgan fingerprint density at radius 2 is 2.06 bits per heavy atom. The van der Waals surface area contributed by atoms with Crippen molar-refractivity contribution in [3.8, 4) is 5.75 Å². The largest absolute Gasteiger partial charge is 0.487 e. The second-order valence-corrected chi connectivity index (χ2v) is 5.88. The third-order valence-corrected chi connectivity index (χ3v) is 3.30. The molecule has 0 bridgehead atoms. The van der Waals surface area contributed by atoms with E-state index < -0.39 is 0 Å². The van der Waals surface area contributed by atoms with Gasteiger partial charge in [-0.25, -0.2) is 0 Å². The molecule has 1 fully saturated rings. The molecule has 17 heavy (non-hydrogen) atoms. The quantitative estimate of drug-likeness (QED) is 0.855. The number of nitrogens with two attached hydrogens (primary N) is 1. The highest BCUT2D eigenvalue weighted by molar-refractivity contribution is 5.23. The molecule has 0 aromatic carbocycles. The molecule has 94 valence electrons. The smallest absolute Gasteiger partial charge is 0.138 e. The van der Waals surface area contributed by atoms with Crippen LogP contribution in [0.4, 0.5) is 0 Å². The van der Waals surface area contributed by atoms with Crippen molar-refractivity contribution in [2.45, 2.75) is 57.6 Å². The van der Waals surface area contributed by atoms with Crippen LogP contribution in [0.3, 0.4) is 0 Å². The number of ether oxygens (including phenoxy) is 1. The third kappa shape index (κ3) is 2.97. The molecular formula is C14H22N2O. The van der Waals surface area contributed by atoms with Gasteiger partial charge in [0.1, 0.15) is 11.9 Å². The zero-order valence-corrected chi connectivity index (χ0v) is 10.9. The fourth-order valence-electron chi connectivity index (χ4n) is 2.17. The van der Waals surface area contributed by atoms with Crippen LogP contribution in [0.15, 0.2) is 18.3 Å². The Bertz CT molecular complexity index is 367. The van der Waals surface area contributed by atoms with Crippen molar-refractivity contribution in [1.29, 1.82) is 0 Å². The summed E-state index contributed by atoms with van der Waals surface area (Å²) < 4.78 is 5.87. The third-order valence-electron chi connectivity index (χ3n) is 3.30. The van der Waals surface area contributed by atoms with E-state index in [1.54, 1.807) is 0 Å². The molecule has 0 unspecified atom stereocenters. The van der Waals surface area contributed by atoms with E-state index in [2.05, 4.69) is 25.8 Å². The van der Waals surface area contributed by atoms with Crippen LogP contribution in [0.2, 0.25) is 0 Å². The number of aromatic nitrogens is 1. The number of hydrogen-bond acceptors (Lipinski definition) is 3. The Hall–Kier alpha value is -1.09. The lowest BCUT2D eigenvalue weighted by Crippen LogP contribution is -2.33. The lowest BCUT2D eigenvalue weighted by atomic mass is 9.92. The molecule has 1 heterocycles. The van der Waals surface area contributed by atoms with Crippen molar-refractivity contribution in [3.05, 3.63) is 24.0 Å². The molecule has 2 atom stereocenters. The maximum absolute atomic E-state index is 5.98. The number of pyridine rings is 1. The summed E-state index contributed by atoms with van der Waals surface area (Å²) in [5.74, 6) is 0.834. The molecule has 0 radical (unpaired) electrons. The summed E-state index contributed by atoms with van der Waals surface area (Å²) in [4.78, 5) is 4.45. The Morgan fingerprint density at radius 3 is 2.53 bits per heavy atom. The second-order valence-electron chi connectivity index (χ2n) is 5.88. The highest BCUT2D eigenvalue weighted by Crippen LogP contribution is 2.25. The monoisotopic (exact) mass is 234 g/mol. The summed E-state index contributed by atoms with van der Waals surface area (Å²) in [6.45, 7) is 6.47. The highest BCUT2D eigenvalue weighted by Gasteiger charge is 2.25. The van der Waals surface area contributed by atoms with E-state index in [9.17, 15) is 0 Å². The van der Waals surface area contributed by atoms with Gasteiger partial charge in [-0.1, -0.05) is 20.8 Å². The molecule has 1 aromatic rings. The van der Waals surface area contributed by atoms with Crippen molar-refractivity contribution in [2.75, 3.05) is 0 Å². The first-order valence-electron chi connectivity index (χ1n) is 6.35. The van der Waals surface area contributed by atoms with Crippen LogP contribution in [-0.2, 0) is 5.41 Å². The lowest BCUT2D eigenvalue weighted by molar-refractivity contribution is 0.191. The van der Waals surface area contributed by atoms with Crippen molar-refractivity contribution < 1.29 is 4.74 Å². The molecule has 2 rings (SSSR count). The van der Waals surface area contributed by atoms with Crippen molar-refractivity contribution >= 4 is 0 Å². The minimum atomic E-state index is 0.0856. The van der Waals surface area contributed by atoms with E-state index in [4.69, 9.17) is 10.5 Å². The van der Waals surface area contributed by atoms with Crippen LogP contribution >= 0.6 is 0 Å². The zero-order chi connectivity index (χ0) is 12.5. The van der Waals surface area contributed by atoms with Gasteiger partial charge >= 0.3 is 0 Å². The number of nitrogens with zero attached hydrogens (tertiary/aromatic N) is 1. The van der Waals surface area contributed by atoms with Crippen LogP contribution in [0.1, 0.15) is 45.7 Å². The number of hydrogen-bond donors (Lipinski definition) is 1. The highest BCUT2D eigenvalue weighted by atomic mass is 16.5. The van der Waals surface area contributed by atoms with Gasteiger partial charge in [-0.05, 0) is 31.4 Å². The fourth-order valence-corrected chi connectivity index (χ4v) is 2.17. The average Bonchev–Trinajstić information content (AvgIpc) is 2.64. The average molecular weight is 234 g/mol. The molecule has 1 saturated carbocycles. The Kier molecular flexibility index (Phi) is 3.38. The molecule has 1 aromatic heterocycles. The normalized spacial score (nSPS) is 24.9. The first-order chi connectivity index (χ1) is 7.97. The summed E-state index contributed by atoms with van der Waals surface area (Å²) in [7, 11) is 0. The molecule has 0 aliphatic heterocycles. The summed E-state index contributed by atoms with van der Waals surface area (Å²) in [6, 6.07) is 4.21. The molecule has 0 spiro atoms. The van der Waals surface area contributed by atoms with Gasteiger partial charge in [-0.2, -0.15) is 0 Å². The molecule has 0 saturated heterocycles. The first kappa shape index (κ1) is 12.4. The predicted octanol–water partition coefficient (Wildman–Crippen LogP) is 2.64. The summed E-state index contributed by atoms with van der Waals surface area (Å²) in [5, 5.41) is 0.